The molecular weight excluding hydrogens is 242 g/mol. The van der Waals surface area contributed by atoms with Crippen molar-refractivity contribution in [2.45, 2.75) is 39.2 Å². The Balaban J connectivity index is 1.77. The van der Waals surface area contributed by atoms with Gasteiger partial charge in [0.15, 0.2) is 5.69 Å². The monoisotopic (exact) mass is 265 g/mol. The van der Waals surface area contributed by atoms with E-state index >= 15 is 0 Å². The highest BCUT2D eigenvalue weighted by atomic mass is 16.2. The maximum atomic E-state index is 11.9. The molecule has 1 saturated carbocycles. The lowest BCUT2D eigenvalue weighted by Crippen LogP contribution is -2.31. The number of nitrogens with two attached hydrogens (primary N) is 1. The molecule has 0 bridgehead atoms. The van der Waals surface area contributed by atoms with Crippen LogP contribution in [0.4, 0.5) is 0 Å². The number of carbonyl (C=O) groups is 1. The molecule has 0 radical (unpaired) electrons. The summed E-state index contributed by atoms with van der Waals surface area (Å²) in [7, 11) is 0. The van der Waals surface area contributed by atoms with Gasteiger partial charge in [-0.25, -0.2) is 0 Å². The number of aromatic nitrogens is 3. The minimum atomic E-state index is -0.137. The van der Waals surface area contributed by atoms with Crippen LogP contribution in [0.1, 0.15) is 43.1 Å². The third-order valence-corrected chi connectivity index (χ3v) is 3.82. The number of amides is 1. The Bertz CT molecular complexity index is 409. The third kappa shape index (κ3) is 4.02. The standard InChI is InChI=1S/C13H23N5O/c1-10-2-4-11(5-3-10)8-15-13(19)12-9-18(7-6-14)17-16-12/h9-11H,2-8,14H2,1H3,(H,15,19). The molecule has 1 aromatic rings. The summed E-state index contributed by atoms with van der Waals surface area (Å²) in [5, 5.41) is 10.7. The molecule has 0 saturated heterocycles. The first kappa shape index (κ1) is 14.0. The highest BCUT2D eigenvalue weighted by molar-refractivity contribution is 5.91. The van der Waals surface area contributed by atoms with Crippen molar-refractivity contribution in [1.82, 2.24) is 20.3 Å². The van der Waals surface area contributed by atoms with Crippen molar-refractivity contribution in [3.63, 3.8) is 0 Å². The lowest BCUT2D eigenvalue weighted by molar-refractivity contribution is 0.0936. The molecule has 1 aliphatic carbocycles. The van der Waals surface area contributed by atoms with E-state index in [2.05, 4.69) is 22.6 Å². The second kappa shape index (κ2) is 6.65. The van der Waals surface area contributed by atoms with Gasteiger partial charge in [0.2, 0.25) is 0 Å². The van der Waals surface area contributed by atoms with Crippen LogP contribution in [-0.2, 0) is 6.54 Å². The van der Waals surface area contributed by atoms with Crippen LogP contribution >= 0.6 is 0 Å². The third-order valence-electron chi connectivity index (χ3n) is 3.82. The van der Waals surface area contributed by atoms with E-state index in [0.717, 1.165) is 12.5 Å². The highest BCUT2D eigenvalue weighted by Gasteiger charge is 2.19. The molecule has 0 aliphatic heterocycles. The van der Waals surface area contributed by atoms with Crippen molar-refractivity contribution in [2.24, 2.45) is 17.6 Å². The van der Waals surface area contributed by atoms with Crippen molar-refractivity contribution in [2.75, 3.05) is 13.1 Å². The van der Waals surface area contributed by atoms with Gasteiger partial charge >= 0.3 is 0 Å². The molecule has 106 valence electrons. The lowest BCUT2D eigenvalue weighted by atomic mass is 9.83. The molecule has 19 heavy (non-hydrogen) atoms. The first-order valence-corrected chi connectivity index (χ1v) is 7.07. The summed E-state index contributed by atoms with van der Waals surface area (Å²) in [4.78, 5) is 11.9. The average molecular weight is 265 g/mol. The SMILES string of the molecule is CC1CCC(CNC(=O)c2cn(CCN)nn2)CC1. The molecule has 0 spiro atoms. The molecule has 1 heterocycles. The zero-order chi connectivity index (χ0) is 13.7. The number of hydrogen-bond acceptors (Lipinski definition) is 4. The predicted octanol–water partition coefficient (Wildman–Crippen LogP) is 0.793. The van der Waals surface area contributed by atoms with Crippen LogP contribution < -0.4 is 11.1 Å². The zero-order valence-electron chi connectivity index (χ0n) is 11.5. The average Bonchev–Trinajstić information content (AvgIpc) is 2.87. The molecule has 6 nitrogen and oxygen atoms in total. The summed E-state index contributed by atoms with van der Waals surface area (Å²) in [6, 6.07) is 0. The summed E-state index contributed by atoms with van der Waals surface area (Å²) >= 11 is 0. The molecule has 3 N–H and O–H groups in total. The number of carbonyl (C=O) groups excluding carboxylic acids is 1. The molecule has 0 unspecified atom stereocenters. The number of hydrogen-bond donors (Lipinski definition) is 2. The number of nitrogens with zero attached hydrogens (tertiary/aromatic N) is 3. The minimum absolute atomic E-state index is 0.137. The Hall–Kier alpha value is -1.43. The Kier molecular flexibility index (Phi) is 4.90. The molecule has 1 fully saturated rings. The van der Waals surface area contributed by atoms with E-state index in [1.807, 2.05) is 0 Å². The van der Waals surface area contributed by atoms with Crippen molar-refractivity contribution < 1.29 is 4.79 Å². The quantitative estimate of drug-likeness (QED) is 0.824. The predicted molar refractivity (Wildman–Crippen MR) is 72.5 cm³/mol. The second-order valence-electron chi connectivity index (χ2n) is 5.49. The van der Waals surface area contributed by atoms with Crippen molar-refractivity contribution in [1.29, 1.82) is 0 Å². The van der Waals surface area contributed by atoms with Crippen LogP contribution in [0, 0.1) is 11.8 Å². The maximum absolute atomic E-state index is 11.9. The van der Waals surface area contributed by atoms with Crippen LogP contribution in [0.2, 0.25) is 0 Å². The van der Waals surface area contributed by atoms with E-state index in [1.165, 1.54) is 25.7 Å². The molecule has 0 aromatic carbocycles. The topological polar surface area (TPSA) is 85.8 Å². The fraction of sp³-hybridized carbons (Fsp3) is 0.769. The first-order valence-electron chi connectivity index (χ1n) is 7.07. The van der Waals surface area contributed by atoms with E-state index in [9.17, 15) is 4.79 Å². The van der Waals surface area contributed by atoms with Gasteiger partial charge in [0.25, 0.3) is 5.91 Å². The van der Waals surface area contributed by atoms with E-state index in [0.29, 0.717) is 24.7 Å². The summed E-state index contributed by atoms with van der Waals surface area (Å²) in [6.45, 7) is 4.12. The summed E-state index contributed by atoms with van der Waals surface area (Å²) < 4.78 is 1.59. The summed E-state index contributed by atoms with van der Waals surface area (Å²) in [5.41, 5.74) is 5.80. The Morgan fingerprint density at radius 3 is 2.89 bits per heavy atom. The molecule has 1 aromatic heterocycles. The Morgan fingerprint density at radius 1 is 1.47 bits per heavy atom. The number of nitrogens with one attached hydrogen (secondary N) is 1. The van der Waals surface area contributed by atoms with Crippen LogP contribution in [0.3, 0.4) is 0 Å². The summed E-state index contributed by atoms with van der Waals surface area (Å²) in [5.74, 6) is 1.31. The van der Waals surface area contributed by atoms with Crippen molar-refractivity contribution in [3.8, 4) is 0 Å². The fourth-order valence-corrected chi connectivity index (χ4v) is 2.50. The Morgan fingerprint density at radius 2 is 2.21 bits per heavy atom. The molecule has 1 amide bonds. The van der Waals surface area contributed by atoms with E-state index in [1.54, 1.807) is 10.9 Å². The zero-order valence-corrected chi connectivity index (χ0v) is 11.5. The van der Waals surface area contributed by atoms with Crippen LogP contribution in [0.25, 0.3) is 0 Å². The fourth-order valence-electron chi connectivity index (χ4n) is 2.50. The molecule has 1 aliphatic rings. The van der Waals surface area contributed by atoms with E-state index in [-0.39, 0.29) is 5.91 Å². The van der Waals surface area contributed by atoms with E-state index < -0.39 is 0 Å². The van der Waals surface area contributed by atoms with Crippen LogP contribution in [0.15, 0.2) is 6.20 Å². The molecule has 2 rings (SSSR count). The highest BCUT2D eigenvalue weighted by Crippen LogP contribution is 2.27. The normalized spacial score (nSPS) is 23.3. The molecular formula is C13H23N5O. The van der Waals surface area contributed by atoms with Gasteiger partial charge in [-0.05, 0) is 24.7 Å². The van der Waals surface area contributed by atoms with Gasteiger partial charge in [-0.1, -0.05) is 25.0 Å². The van der Waals surface area contributed by atoms with Crippen LogP contribution in [-0.4, -0.2) is 34.0 Å². The van der Waals surface area contributed by atoms with Crippen molar-refractivity contribution in [3.05, 3.63) is 11.9 Å². The lowest BCUT2D eigenvalue weighted by Gasteiger charge is -2.26. The van der Waals surface area contributed by atoms with Gasteiger partial charge in [0.05, 0.1) is 12.7 Å². The summed E-state index contributed by atoms with van der Waals surface area (Å²) in [6.07, 6.45) is 6.61. The minimum Gasteiger partial charge on any atom is -0.350 e. The van der Waals surface area contributed by atoms with Crippen LogP contribution in [0.5, 0.6) is 0 Å². The number of rotatable bonds is 5. The van der Waals surface area contributed by atoms with Gasteiger partial charge in [-0.3, -0.25) is 9.48 Å². The van der Waals surface area contributed by atoms with Gasteiger partial charge in [-0.15, -0.1) is 5.10 Å². The largest absolute Gasteiger partial charge is 0.350 e. The first-order chi connectivity index (χ1) is 9.19. The van der Waals surface area contributed by atoms with Gasteiger partial charge in [0.1, 0.15) is 0 Å². The van der Waals surface area contributed by atoms with Crippen molar-refractivity contribution >= 4 is 5.91 Å². The molecule has 0 atom stereocenters. The maximum Gasteiger partial charge on any atom is 0.273 e. The smallest absolute Gasteiger partial charge is 0.273 e. The van der Waals surface area contributed by atoms with Gasteiger partial charge in [-0.2, -0.15) is 0 Å². The second-order valence-corrected chi connectivity index (χ2v) is 5.49. The van der Waals surface area contributed by atoms with Gasteiger partial charge in [0, 0.05) is 13.1 Å². The molecule has 6 heteroatoms. The Labute approximate surface area is 113 Å². The van der Waals surface area contributed by atoms with Gasteiger partial charge < -0.3 is 11.1 Å². The van der Waals surface area contributed by atoms with E-state index in [4.69, 9.17) is 5.73 Å².